The van der Waals surface area contributed by atoms with E-state index in [9.17, 15) is 9.18 Å². The molecule has 4 rings (SSSR count). The highest BCUT2D eigenvalue weighted by Gasteiger charge is 2.26. The fraction of sp³-hybridized carbons (Fsp3) is 0.304. The summed E-state index contributed by atoms with van der Waals surface area (Å²) in [5.74, 6) is 0.0798. The van der Waals surface area contributed by atoms with Gasteiger partial charge in [0.2, 0.25) is 0 Å². The number of aromatic nitrogens is 2. The summed E-state index contributed by atoms with van der Waals surface area (Å²) in [5.41, 5.74) is 3.33. The van der Waals surface area contributed by atoms with Crippen LogP contribution in [0.3, 0.4) is 0 Å². The van der Waals surface area contributed by atoms with E-state index in [1.807, 2.05) is 11.0 Å². The second-order valence-electron chi connectivity index (χ2n) is 7.40. The summed E-state index contributed by atoms with van der Waals surface area (Å²) >= 11 is 0. The molecule has 1 saturated heterocycles. The van der Waals surface area contributed by atoms with Crippen LogP contribution in [-0.4, -0.2) is 33.7 Å². The minimum atomic E-state index is -0.285. The molecule has 0 aliphatic carbocycles. The van der Waals surface area contributed by atoms with Crippen molar-refractivity contribution in [2.45, 2.75) is 25.2 Å². The van der Waals surface area contributed by atoms with Crippen LogP contribution < -0.4 is 0 Å². The van der Waals surface area contributed by atoms with Crippen molar-refractivity contribution in [3.05, 3.63) is 77.7 Å². The van der Waals surface area contributed by atoms with Gasteiger partial charge < -0.3 is 4.90 Å². The van der Waals surface area contributed by atoms with E-state index < -0.39 is 0 Å². The van der Waals surface area contributed by atoms with E-state index in [0.717, 1.165) is 37.9 Å². The molecule has 3 aromatic rings. The van der Waals surface area contributed by atoms with Crippen LogP contribution >= 0.6 is 0 Å². The molecule has 28 heavy (non-hydrogen) atoms. The van der Waals surface area contributed by atoms with E-state index in [1.54, 1.807) is 29.9 Å². The summed E-state index contributed by atoms with van der Waals surface area (Å²) in [6.07, 6.45) is 3.23. The normalized spacial score (nSPS) is 17.4. The van der Waals surface area contributed by atoms with Crippen LogP contribution in [0.2, 0.25) is 0 Å². The lowest BCUT2D eigenvalue weighted by Crippen LogP contribution is -2.35. The maximum atomic E-state index is 13.3. The molecule has 1 aromatic heterocycles. The molecular formula is C23H24FN3O. The molecule has 1 aliphatic rings. The number of benzene rings is 2. The maximum Gasteiger partial charge on any atom is 0.272 e. The Morgan fingerprint density at radius 2 is 1.82 bits per heavy atom. The van der Waals surface area contributed by atoms with Crippen molar-refractivity contribution >= 4 is 5.91 Å². The predicted octanol–water partition coefficient (Wildman–Crippen LogP) is 4.64. The number of hydrogen-bond acceptors (Lipinski definition) is 2. The largest absolute Gasteiger partial charge is 0.337 e. The molecule has 4 nitrogen and oxygen atoms in total. The Bertz CT molecular complexity index is 950. The maximum absolute atomic E-state index is 13.3. The topological polar surface area (TPSA) is 38.1 Å². The van der Waals surface area contributed by atoms with Gasteiger partial charge in [0.05, 0.1) is 5.69 Å². The molecule has 144 valence electrons. The van der Waals surface area contributed by atoms with E-state index >= 15 is 0 Å². The van der Waals surface area contributed by atoms with Crippen LogP contribution in [0.1, 0.15) is 41.2 Å². The van der Waals surface area contributed by atoms with Gasteiger partial charge in [0.15, 0.2) is 0 Å². The lowest BCUT2D eigenvalue weighted by atomic mass is 9.94. The third kappa shape index (κ3) is 3.84. The van der Waals surface area contributed by atoms with Crippen molar-refractivity contribution in [1.29, 1.82) is 0 Å². The summed E-state index contributed by atoms with van der Waals surface area (Å²) < 4.78 is 14.8. The molecule has 1 amide bonds. The Balaban J connectivity index is 1.57. The van der Waals surface area contributed by atoms with E-state index in [0.29, 0.717) is 17.3 Å². The number of likely N-dealkylation sites (tertiary alicyclic amines) is 1. The third-order valence-electron chi connectivity index (χ3n) is 5.47. The monoisotopic (exact) mass is 377 g/mol. The van der Waals surface area contributed by atoms with Crippen LogP contribution in [0.15, 0.2) is 60.7 Å². The van der Waals surface area contributed by atoms with Gasteiger partial charge in [-0.1, -0.05) is 36.8 Å². The first-order valence-electron chi connectivity index (χ1n) is 9.76. The zero-order chi connectivity index (χ0) is 19.5. The number of carbonyl (C=O) groups is 1. The zero-order valence-electron chi connectivity index (χ0n) is 16.0. The van der Waals surface area contributed by atoms with E-state index in [1.165, 1.54) is 17.7 Å². The Morgan fingerprint density at radius 3 is 2.57 bits per heavy atom. The lowest BCUT2D eigenvalue weighted by Gasteiger charge is -2.24. The molecular weight excluding hydrogens is 353 g/mol. The van der Waals surface area contributed by atoms with E-state index in [2.05, 4.69) is 29.4 Å². The van der Waals surface area contributed by atoms with Crippen molar-refractivity contribution in [1.82, 2.24) is 14.7 Å². The minimum absolute atomic E-state index is 0.00573. The number of halogens is 1. The van der Waals surface area contributed by atoms with Crippen LogP contribution in [0, 0.1) is 5.82 Å². The van der Waals surface area contributed by atoms with E-state index in [4.69, 9.17) is 0 Å². The van der Waals surface area contributed by atoms with Gasteiger partial charge >= 0.3 is 0 Å². The summed E-state index contributed by atoms with van der Waals surface area (Å²) in [7, 11) is 1.78. The predicted molar refractivity (Wildman–Crippen MR) is 108 cm³/mol. The van der Waals surface area contributed by atoms with Gasteiger partial charge in [0, 0.05) is 31.6 Å². The number of hydrogen-bond donors (Lipinski definition) is 0. The Labute approximate surface area is 164 Å². The first-order chi connectivity index (χ1) is 13.6. The number of aryl methyl sites for hydroxylation is 1. The molecule has 1 unspecified atom stereocenters. The van der Waals surface area contributed by atoms with Crippen molar-refractivity contribution in [3.63, 3.8) is 0 Å². The first-order valence-corrected chi connectivity index (χ1v) is 9.76. The molecule has 2 heterocycles. The van der Waals surface area contributed by atoms with Gasteiger partial charge in [-0.15, -0.1) is 0 Å². The number of carbonyl (C=O) groups excluding carboxylic acids is 1. The van der Waals surface area contributed by atoms with Gasteiger partial charge in [0.25, 0.3) is 5.91 Å². The quantitative estimate of drug-likeness (QED) is 0.667. The summed E-state index contributed by atoms with van der Waals surface area (Å²) in [4.78, 5) is 15.2. The van der Waals surface area contributed by atoms with E-state index in [-0.39, 0.29) is 11.7 Å². The number of amides is 1. The standard InChI is InChI=1S/C23H24FN3O/c1-26-22(15-21(25-26)18-10-12-20(24)13-11-18)23(28)27-14-6-5-9-19(16-27)17-7-3-2-4-8-17/h2-4,7-8,10-13,15,19H,5-6,9,14,16H2,1H3. The highest BCUT2D eigenvalue weighted by molar-refractivity contribution is 5.93. The molecule has 1 atom stereocenters. The average Bonchev–Trinajstić information content (AvgIpc) is 2.94. The fourth-order valence-electron chi connectivity index (χ4n) is 3.91. The summed E-state index contributed by atoms with van der Waals surface area (Å²) in [6.45, 7) is 1.49. The third-order valence-corrected chi connectivity index (χ3v) is 5.47. The van der Waals surface area contributed by atoms with Crippen LogP contribution in [0.5, 0.6) is 0 Å². The SMILES string of the molecule is Cn1nc(-c2ccc(F)cc2)cc1C(=O)N1CCCCC(c2ccccc2)C1. The smallest absolute Gasteiger partial charge is 0.272 e. The molecule has 5 heteroatoms. The molecule has 0 saturated carbocycles. The van der Waals surface area contributed by atoms with Crippen molar-refractivity contribution in [2.24, 2.45) is 7.05 Å². The molecule has 2 aromatic carbocycles. The summed E-state index contributed by atoms with van der Waals surface area (Å²) in [6, 6.07) is 18.4. The average molecular weight is 377 g/mol. The fourth-order valence-corrected chi connectivity index (χ4v) is 3.91. The second-order valence-corrected chi connectivity index (χ2v) is 7.40. The number of rotatable bonds is 3. The van der Waals surface area contributed by atoms with Crippen LogP contribution in [-0.2, 0) is 7.05 Å². The van der Waals surface area contributed by atoms with Gasteiger partial charge in [-0.2, -0.15) is 5.10 Å². The van der Waals surface area contributed by atoms with Crippen molar-refractivity contribution in [2.75, 3.05) is 13.1 Å². The molecule has 1 fully saturated rings. The molecule has 0 bridgehead atoms. The molecule has 0 radical (unpaired) electrons. The number of nitrogens with zero attached hydrogens (tertiary/aromatic N) is 3. The van der Waals surface area contributed by atoms with Gasteiger partial charge in [-0.25, -0.2) is 4.39 Å². The zero-order valence-corrected chi connectivity index (χ0v) is 16.0. The molecule has 0 spiro atoms. The van der Waals surface area contributed by atoms with Crippen molar-refractivity contribution < 1.29 is 9.18 Å². The van der Waals surface area contributed by atoms with Crippen LogP contribution in [0.4, 0.5) is 4.39 Å². The minimum Gasteiger partial charge on any atom is -0.337 e. The Morgan fingerprint density at radius 1 is 1.07 bits per heavy atom. The molecule has 1 aliphatic heterocycles. The highest BCUT2D eigenvalue weighted by atomic mass is 19.1. The van der Waals surface area contributed by atoms with Gasteiger partial charge in [-0.3, -0.25) is 9.48 Å². The summed E-state index contributed by atoms with van der Waals surface area (Å²) in [5, 5.41) is 4.47. The molecule has 0 N–H and O–H groups in total. The Kier molecular flexibility index (Phi) is 5.24. The highest BCUT2D eigenvalue weighted by Crippen LogP contribution is 2.28. The van der Waals surface area contributed by atoms with Crippen molar-refractivity contribution in [3.8, 4) is 11.3 Å². The first kappa shape index (κ1) is 18.4. The van der Waals surface area contributed by atoms with Crippen LogP contribution in [0.25, 0.3) is 11.3 Å². The Hall–Kier alpha value is -2.95. The lowest BCUT2D eigenvalue weighted by molar-refractivity contribution is 0.0743. The van der Waals surface area contributed by atoms with Gasteiger partial charge in [0.1, 0.15) is 11.5 Å². The second kappa shape index (κ2) is 7.97. The van der Waals surface area contributed by atoms with Gasteiger partial charge in [-0.05, 0) is 48.7 Å².